The van der Waals surface area contributed by atoms with E-state index in [-0.39, 0.29) is 0 Å². The molecule has 112 valence electrons. The molecular formula is C16H21N3O2. The predicted molar refractivity (Wildman–Crippen MR) is 76.7 cm³/mol. The van der Waals surface area contributed by atoms with E-state index in [0.717, 1.165) is 29.8 Å². The molecule has 0 aromatic carbocycles. The molecule has 0 amide bonds. The highest BCUT2D eigenvalue weighted by Crippen LogP contribution is 2.47. The van der Waals surface area contributed by atoms with Crippen molar-refractivity contribution in [3.8, 4) is 0 Å². The van der Waals surface area contributed by atoms with E-state index in [9.17, 15) is 0 Å². The molecular weight excluding hydrogens is 266 g/mol. The maximum Gasteiger partial charge on any atom is 0.240 e. The summed E-state index contributed by atoms with van der Waals surface area (Å²) >= 11 is 0. The third kappa shape index (κ3) is 2.88. The Hall–Kier alpha value is -1.62. The van der Waals surface area contributed by atoms with E-state index in [1.807, 2.05) is 7.05 Å². The van der Waals surface area contributed by atoms with Crippen LogP contribution in [0, 0.1) is 5.92 Å². The van der Waals surface area contributed by atoms with E-state index in [1.165, 1.54) is 19.3 Å². The van der Waals surface area contributed by atoms with Crippen LogP contribution < -0.4 is 0 Å². The summed E-state index contributed by atoms with van der Waals surface area (Å²) in [5.74, 6) is 5.68. The lowest BCUT2D eigenvalue weighted by Gasteiger charge is -2.11. The molecule has 0 bridgehead atoms. The van der Waals surface area contributed by atoms with E-state index >= 15 is 0 Å². The van der Waals surface area contributed by atoms with Crippen LogP contribution in [0.4, 0.5) is 0 Å². The highest BCUT2D eigenvalue weighted by Gasteiger charge is 2.36. The Labute approximate surface area is 124 Å². The fourth-order valence-corrected chi connectivity index (χ4v) is 2.79. The average molecular weight is 287 g/mol. The molecule has 0 N–H and O–H groups in total. The summed E-state index contributed by atoms with van der Waals surface area (Å²) in [5.41, 5.74) is 0. The molecule has 5 heteroatoms. The van der Waals surface area contributed by atoms with E-state index in [2.05, 4.69) is 34.1 Å². The molecule has 2 saturated carbocycles. The molecule has 2 aromatic heterocycles. The molecule has 5 nitrogen and oxygen atoms in total. The zero-order valence-electron chi connectivity index (χ0n) is 12.6. The van der Waals surface area contributed by atoms with Crippen LogP contribution in [0.25, 0.3) is 0 Å². The Bertz CT molecular complexity index is 629. The van der Waals surface area contributed by atoms with Gasteiger partial charge in [-0.25, -0.2) is 0 Å². The number of aromatic nitrogens is 2. The van der Waals surface area contributed by atoms with Gasteiger partial charge in [0.1, 0.15) is 11.5 Å². The maximum absolute atomic E-state index is 5.93. The van der Waals surface area contributed by atoms with E-state index in [4.69, 9.17) is 8.94 Å². The number of nitrogens with zero attached hydrogens (tertiary/aromatic N) is 3. The fraction of sp³-hybridized carbons (Fsp3) is 0.625. The lowest BCUT2D eigenvalue weighted by atomic mass is 10.3. The average Bonchev–Trinajstić information content (AvgIpc) is 3.33. The van der Waals surface area contributed by atoms with Gasteiger partial charge in [0.25, 0.3) is 0 Å². The highest BCUT2D eigenvalue weighted by molar-refractivity contribution is 5.17. The molecule has 2 atom stereocenters. The zero-order chi connectivity index (χ0) is 14.4. The first kappa shape index (κ1) is 13.1. The highest BCUT2D eigenvalue weighted by atomic mass is 16.5. The van der Waals surface area contributed by atoms with Gasteiger partial charge < -0.3 is 8.94 Å². The molecule has 0 saturated heterocycles. The normalized spacial score (nSPS) is 24.7. The Morgan fingerprint density at radius 1 is 1.29 bits per heavy atom. The largest absolute Gasteiger partial charge is 0.464 e. The van der Waals surface area contributed by atoms with Crippen LogP contribution in [0.5, 0.6) is 0 Å². The summed E-state index contributed by atoms with van der Waals surface area (Å²) in [5, 5.41) is 4.05. The van der Waals surface area contributed by atoms with Gasteiger partial charge in [0.2, 0.25) is 5.89 Å². The van der Waals surface area contributed by atoms with Gasteiger partial charge in [0, 0.05) is 11.8 Å². The van der Waals surface area contributed by atoms with Gasteiger partial charge >= 0.3 is 0 Å². The van der Waals surface area contributed by atoms with Crippen molar-refractivity contribution in [2.45, 2.75) is 51.1 Å². The number of hydrogen-bond acceptors (Lipinski definition) is 5. The SMILES string of the molecule is C[C@H]1C[C@@H]1c1ccc(CN(C)Cc2nc(C3CC3)no2)o1. The topological polar surface area (TPSA) is 55.3 Å². The van der Waals surface area contributed by atoms with Gasteiger partial charge in [-0.15, -0.1) is 0 Å². The van der Waals surface area contributed by atoms with Gasteiger partial charge in [-0.05, 0) is 44.4 Å². The molecule has 2 aromatic rings. The minimum Gasteiger partial charge on any atom is -0.464 e. The second-order valence-electron chi connectivity index (χ2n) is 6.62. The number of hydrogen-bond donors (Lipinski definition) is 0. The molecule has 0 spiro atoms. The van der Waals surface area contributed by atoms with Crippen LogP contribution in [-0.4, -0.2) is 22.1 Å². The summed E-state index contributed by atoms with van der Waals surface area (Å²) in [6.07, 6.45) is 3.65. The van der Waals surface area contributed by atoms with Crippen molar-refractivity contribution in [1.29, 1.82) is 0 Å². The van der Waals surface area contributed by atoms with Gasteiger partial charge in [-0.3, -0.25) is 4.90 Å². The minimum absolute atomic E-state index is 0.543. The Balaban J connectivity index is 1.34. The first-order chi connectivity index (χ1) is 10.2. The Kier molecular flexibility index (Phi) is 3.10. The molecule has 2 fully saturated rings. The fourth-order valence-electron chi connectivity index (χ4n) is 2.79. The summed E-state index contributed by atoms with van der Waals surface area (Å²) in [6, 6.07) is 4.20. The molecule has 4 rings (SSSR count). The van der Waals surface area contributed by atoms with Crippen LogP contribution >= 0.6 is 0 Å². The third-order valence-corrected chi connectivity index (χ3v) is 4.41. The zero-order valence-corrected chi connectivity index (χ0v) is 12.6. The maximum atomic E-state index is 5.93. The van der Waals surface area contributed by atoms with Crippen molar-refractivity contribution in [3.05, 3.63) is 35.4 Å². The van der Waals surface area contributed by atoms with Crippen molar-refractivity contribution < 1.29 is 8.94 Å². The standard InChI is InChI=1S/C16H21N3O2/c1-10-7-13(10)14-6-5-12(20-14)8-19(2)9-15-17-16(18-21-15)11-3-4-11/h5-6,10-11,13H,3-4,7-9H2,1-2H3/t10-,13-/m0/s1. The Morgan fingerprint density at radius 3 is 2.81 bits per heavy atom. The number of rotatable bonds is 6. The summed E-state index contributed by atoms with van der Waals surface area (Å²) in [4.78, 5) is 6.60. The van der Waals surface area contributed by atoms with Crippen LogP contribution in [0.2, 0.25) is 0 Å². The van der Waals surface area contributed by atoms with Crippen molar-refractivity contribution >= 4 is 0 Å². The third-order valence-electron chi connectivity index (χ3n) is 4.41. The summed E-state index contributed by atoms with van der Waals surface area (Å²) < 4.78 is 11.2. The Morgan fingerprint density at radius 2 is 2.10 bits per heavy atom. The van der Waals surface area contributed by atoms with Gasteiger partial charge in [-0.1, -0.05) is 12.1 Å². The molecule has 2 aliphatic rings. The second-order valence-corrected chi connectivity index (χ2v) is 6.62. The van der Waals surface area contributed by atoms with Crippen LogP contribution in [0.1, 0.15) is 61.3 Å². The molecule has 2 heterocycles. The van der Waals surface area contributed by atoms with Crippen LogP contribution in [0.3, 0.4) is 0 Å². The molecule has 0 radical (unpaired) electrons. The lowest BCUT2D eigenvalue weighted by molar-refractivity contribution is 0.242. The molecule has 0 aliphatic heterocycles. The second kappa shape index (κ2) is 4.98. The van der Waals surface area contributed by atoms with Crippen LogP contribution in [0.15, 0.2) is 21.1 Å². The smallest absolute Gasteiger partial charge is 0.240 e. The predicted octanol–water partition coefficient (Wildman–Crippen LogP) is 3.30. The molecule has 21 heavy (non-hydrogen) atoms. The van der Waals surface area contributed by atoms with E-state index in [0.29, 0.717) is 24.3 Å². The first-order valence-electron chi connectivity index (χ1n) is 7.78. The monoisotopic (exact) mass is 287 g/mol. The van der Waals surface area contributed by atoms with Crippen molar-refractivity contribution in [1.82, 2.24) is 15.0 Å². The summed E-state index contributed by atoms with van der Waals surface area (Å²) in [6.45, 7) is 3.70. The molecule has 0 unspecified atom stereocenters. The van der Waals surface area contributed by atoms with Gasteiger partial charge in [0.05, 0.1) is 13.1 Å². The van der Waals surface area contributed by atoms with E-state index < -0.39 is 0 Å². The first-order valence-corrected chi connectivity index (χ1v) is 7.78. The van der Waals surface area contributed by atoms with Gasteiger partial charge in [-0.2, -0.15) is 4.98 Å². The number of furan rings is 1. The quantitative estimate of drug-likeness (QED) is 0.816. The van der Waals surface area contributed by atoms with Crippen molar-refractivity contribution in [3.63, 3.8) is 0 Å². The minimum atomic E-state index is 0.543. The molecule has 2 aliphatic carbocycles. The lowest BCUT2D eigenvalue weighted by Crippen LogP contribution is -2.17. The van der Waals surface area contributed by atoms with Gasteiger partial charge in [0.15, 0.2) is 5.82 Å². The van der Waals surface area contributed by atoms with Crippen molar-refractivity contribution in [2.24, 2.45) is 5.92 Å². The van der Waals surface area contributed by atoms with E-state index in [1.54, 1.807) is 0 Å². The summed E-state index contributed by atoms with van der Waals surface area (Å²) in [7, 11) is 2.04. The van der Waals surface area contributed by atoms with Crippen LogP contribution in [-0.2, 0) is 13.1 Å². The van der Waals surface area contributed by atoms with Crippen molar-refractivity contribution in [2.75, 3.05) is 7.05 Å².